The van der Waals surface area contributed by atoms with Crippen molar-refractivity contribution in [3.63, 3.8) is 0 Å². The Kier molecular flexibility index (Phi) is 6.15. The standard InChI is InChI=1S/C14H25NO9/c1-4-8(17)7(15-6(3)16)10(19)14(23-4)24-12-9(18)5(2)22-13(21)11(12)20/h4-5,7-14,17-21H,1-3H3,(H,15,16)/t4-,5+,7+,8+,9+,10-,11-,12-,13?,14-/m1/s1. The fourth-order valence-electron chi connectivity index (χ4n) is 2.88. The largest absolute Gasteiger partial charge is 0.388 e. The van der Waals surface area contributed by atoms with E-state index >= 15 is 0 Å². The van der Waals surface area contributed by atoms with Gasteiger partial charge >= 0.3 is 0 Å². The number of carbonyl (C=O) groups is 1. The van der Waals surface area contributed by atoms with Gasteiger partial charge in [0.05, 0.1) is 18.2 Å². The van der Waals surface area contributed by atoms with E-state index in [0.29, 0.717) is 0 Å². The third-order valence-electron chi connectivity index (χ3n) is 4.31. The lowest BCUT2D eigenvalue weighted by molar-refractivity contribution is -0.341. The van der Waals surface area contributed by atoms with Crippen LogP contribution in [0.5, 0.6) is 0 Å². The Bertz CT molecular complexity index is 436. The summed E-state index contributed by atoms with van der Waals surface area (Å²) in [6, 6.07) is -1.05. The molecule has 2 fully saturated rings. The number of carbonyl (C=O) groups excluding carboxylic acids is 1. The predicted molar refractivity (Wildman–Crippen MR) is 77.4 cm³/mol. The van der Waals surface area contributed by atoms with E-state index in [4.69, 9.17) is 14.2 Å². The van der Waals surface area contributed by atoms with Crippen molar-refractivity contribution in [1.29, 1.82) is 0 Å². The Morgan fingerprint density at radius 2 is 1.50 bits per heavy atom. The minimum atomic E-state index is -1.57. The molecule has 2 saturated heterocycles. The van der Waals surface area contributed by atoms with Gasteiger partial charge in [-0.25, -0.2) is 0 Å². The molecule has 0 aliphatic carbocycles. The van der Waals surface area contributed by atoms with Crippen molar-refractivity contribution in [1.82, 2.24) is 5.32 Å². The van der Waals surface area contributed by atoms with Crippen LogP contribution in [0, 0.1) is 0 Å². The molecule has 0 bridgehead atoms. The monoisotopic (exact) mass is 351 g/mol. The van der Waals surface area contributed by atoms with Gasteiger partial charge in [0.1, 0.15) is 30.5 Å². The molecule has 2 aliphatic rings. The first-order valence-electron chi connectivity index (χ1n) is 7.77. The average Bonchev–Trinajstić information content (AvgIpc) is 2.50. The highest BCUT2D eigenvalue weighted by Crippen LogP contribution is 2.28. The van der Waals surface area contributed by atoms with Crippen LogP contribution in [0.4, 0.5) is 0 Å². The van der Waals surface area contributed by atoms with Crippen molar-refractivity contribution in [2.75, 3.05) is 0 Å². The molecular formula is C14H25NO9. The summed E-state index contributed by atoms with van der Waals surface area (Å²) < 4.78 is 15.8. The Morgan fingerprint density at radius 1 is 0.917 bits per heavy atom. The van der Waals surface area contributed by atoms with Crippen LogP contribution in [0.2, 0.25) is 0 Å². The van der Waals surface area contributed by atoms with E-state index in [2.05, 4.69) is 5.32 Å². The van der Waals surface area contributed by atoms with Crippen LogP contribution in [-0.4, -0.2) is 92.8 Å². The first kappa shape index (κ1) is 19.5. The number of hydrogen-bond donors (Lipinski definition) is 6. The summed E-state index contributed by atoms with van der Waals surface area (Å²) >= 11 is 0. The maximum atomic E-state index is 11.3. The number of aliphatic hydroxyl groups is 5. The summed E-state index contributed by atoms with van der Waals surface area (Å²) in [6.45, 7) is 4.25. The molecule has 0 saturated carbocycles. The molecule has 1 amide bonds. The third kappa shape index (κ3) is 3.86. The fraction of sp³-hybridized carbons (Fsp3) is 0.929. The smallest absolute Gasteiger partial charge is 0.217 e. The molecule has 6 N–H and O–H groups in total. The molecule has 0 aromatic heterocycles. The van der Waals surface area contributed by atoms with Gasteiger partial charge in [0.25, 0.3) is 0 Å². The number of rotatable bonds is 3. The van der Waals surface area contributed by atoms with Crippen LogP contribution in [-0.2, 0) is 19.0 Å². The van der Waals surface area contributed by atoms with E-state index in [1.54, 1.807) is 0 Å². The van der Waals surface area contributed by atoms with Gasteiger partial charge in [0.15, 0.2) is 12.6 Å². The molecule has 0 radical (unpaired) electrons. The molecule has 2 heterocycles. The lowest BCUT2D eigenvalue weighted by Gasteiger charge is -2.45. The molecule has 0 spiro atoms. The Hall–Kier alpha value is -0.850. The first-order valence-corrected chi connectivity index (χ1v) is 7.77. The minimum Gasteiger partial charge on any atom is -0.388 e. The van der Waals surface area contributed by atoms with Gasteiger partial charge in [-0.2, -0.15) is 0 Å². The number of ether oxygens (including phenoxy) is 3. The van der Waals surface area contributed by atoms with Gasteiger partial charge in [-0.05, 0) is 13.8 Å². The number of hydrogen-bond acceptors (Lipinski definition) is 9. The Labute approximate surface area is 138 Å². The van der Waals surface area contributed by atoms with Gasteiger partial charge in [-0.1, -0.05) is 0 Å². The van der Waals surface area contributed by atoms with E-state index in [1.165, 1.54) is 20.8 Å². The lowest BCUT2D eigenvalue weighted by atomic mass is 9.95. The summed E-state index contributed by atoms with van der Waals surface area (Å²) in [7, 11) is 0. The second-order valence-corrected chi connectivity index (χ2v) is 6.23. The predicted octanol–water partition coefficient (Wildman–Crippen LogP) is -3.20. The summed E-state index contributed by atoms with van der Waals surface area (Å²) in [5, 5.41) is 52.5. The molecule has 2 rings (SSSR count). The first-order chi connectivity index (χ1) is 11.1. The quantitative estimate of drug-likeness (QED) is 0.308. The van der Waals surface area contributed by atoms with E-state index in [1.807, 2.05) is 0 Å². The topological polar surface area (TPSA) is 158 Å². The Morgan fingerprint density at radius 3 is 2.08 bits per heavy atom. The third-order valence-corrected chi connectivity index (χ3v) is 4.31. The van der Waals surface area contributed by atoms with Gasteiger partial charge in [0, 0.05) is 6.92 Å². The fourth-order valence-corrected chi connectivity index (χ4v) is 2.88. The van der Waals surface area contributed by atoms with E-state index < -0.39 is 67.3 Å². The van der Waals surface area contributed by atoms with Gasteiger partial charge < -0.3 is 45.1 Å². The molecule has 10 nitrogen and oxygen atoms in total. The van der Waals surface area contributed by atoms with E-state index in [-0.39, 0.29) is 0 Å². The summed E-state index contributed by atoms with van der Waals surface area (Å²) in [4.78, 5) is 11.3. The van der Waals surface area contributed by atoms with Crippen molar-refractivity contribution in [2.24, 2.45) is 0 Å². The maximum Gasteiger partial charge on any atom is 0.217 e. The normalized spacial score (nSPS) is 49.7. The van der Waals surface area contributed by atoms with Crippen molar-refractivity contribution >= 4 is 5.91 Å². The van der Waals surface area contributed by atoms with Gasteiger partial charge in [-0.15, -0.1) is 0 Å². The van der Waals surface area contributed by atoms with Crippen LogP contribution in [0.1, 0.15) is 20.8 Å². The molecule has 10 atom stereocenters. The zero-order chi connectivity index (χ0) is 18.2. The SMILES string of the molecule is CC(=O)N[C@H]1[C@@H](O)[C@@H](C)O[C@H](O[C@@H]2[C@@H](O)[C@H](C)OC(O)[C@@H]2O)[C@@H]1O. The summed E-state index contributed by atoms with van der Waals surface area (Å²) in [6.07, 6.45) is -11.3. The summed E-state index contributed by atoms with van der Waals surface area (Å²) in [5.74, 6) is -0.457. The van der Waals surface area contributed by atoms with Crippen LogP contribution in [0.25, 0.3) is 0 Å². The highest BCUT2D eigenvalue weighted by Gasteiger charge is 2.49. The zero-order valence-electron chi connectivity index (χ0n) is 13.6. The highest BCUT2D eigenvalue weighted by atomic mass is 16.7. The van der Waals surface area contributed by atoms with E-state index in [9.17, 15) is 30.3 Å². The zero-order valence-corrected chi connectivity index (χ0v) is 13.6. The Balaban J connectivity index is 2.13. The van der Waals surface area contributed by atoms with Crippen LogP contribution >= 0.6 is 0 Å². The number of aliphatic hydroxyl groups excluding tert-OH is 5. The van der Waals surface area contributed by atoms with Crippen molar-refractivity contribution in [2.45, 2.75) is 82.1 Å². The molecule has 1 unspecified atom stereocenters. The van der Waals surface area contributed by atoms with Crippen LogP contribution in [0.3, 0.4) is 0 Å². The molecule has 10 heteroatoms. The molecule has 140 valence electrons. The molecule has 0 aromatic rings. The van der Waals surface area contributed by atoms with Gasteiger partial charge in [0.2, 0.25) is 5.91 Å². The lowest BCUT2D eigenvalue weighted by Crippen LogP contribution is -2.66. The molecule has 2 aliphatic heterocycles. The van der Waals surface area contributed by atoms with Gasteiger partial charge in [-0.3, -0.25) is 4.79 Å². The number of nitrogens with one attached hydrogen (secondary N) is 1. The molecular weight excluding hydrogens is 326 g/mol. The second-order valence-electron chi connectivity index (χ2n) is 6.23. The molecule has 24 heavy (non-hydrogen) atoms. The summed E-state index contributed by atoms with van der Waals surface area (Å²) in [5.41, 5.74) is 0. The van der Waals surface area contributed by atoms with Crippen molar-refractivity contribution < 1.29 is 44.5 Å². The average molecular weight is 351 g/mol. The van der Waals surface area contributed by atoms with Crippen molar-refractivity contribution in [3.05, 3.63) is 0 Å². The number of amides is 1. The van der Waals surface area contributed by atoms with Crippen LogP contribution < -0.4 is 5.32 Å². The van der Waals surface area contributed by atoms with E-state index in [0.717, 1.165) is 0 Å². The maximum absolute atomic E-state index is 11.3. The minimum absolute atomic E-state index is 0.457. The van der Waals surface area contributed by atoms with Crippen LogP contribution in [0.15, 0.2) is 0 Å². The molecule has 0 aromatic carbocycles. The highest BCUT2D eigenvalue weighted by molar-refractivity contribution is 5.73. The second kappa shape index (κ2) is 7.58. The van der Waals surface area contributed by atoms with Crippen molar-refractivity contribution in [3.8, 4) is 0 Å².